The number of amides is 2. The summed E-state index contributed by atoms with van der Waals surface area (Å²) in [6.07, 6.45) is 1.00. The summed E-state index contributed by atoms with van der Waals surface area (Å²) < 4.78 is 47.6. The van der Waals surface area contributed by atoms with Crippen molar-refractivity contribution < 1.29 is 32.3 Å². The Bertz CT molecular complexity index is 1400. The van der Waals surface area contributed by atoms with Gasteiger partial charge in [0.15, 0.2) is 23.2 Å². The molecule has 0 spiro atoms. The first-order valence-corrected chi connectivity index (χ1v) is 13.8. The van der Waals surface area contributed by atoms with Gasteiger partial charge in [-0.1, -0.05) is 30.3 Å². The van der Waals surface area contributed by atoms with Crippen LogP contribution < -0.4 is 15.5 Å². The third-order valence-corrected chi connectivity index (χ3v) is 7.95. The minimum Gasteiger partial charge on any atom is -0.380 e. The smallest absolute Gasteiger partial charge is 0.230 e. The number of hydrogen-bond donors (Lipinski definition) is 2. The Morgan fingerprint density at radius 1 is 1.14 bits per heavy atom. The molecule has 1 aliphatic carbocycles. The van der Waals surface area contributed by atoms with E-state index >= 15 is 0 Å². The zero-order chi connectivity index (χ0) is 30.4. The van der Waals surface area contributed by atoms with E-state index in [4.69, 9.17) is 4.74 Å². The molecule has 43 heavy (non-hydrogen) atoms. The van der Waals surface area contributed by atoms with E-state index in [2.05, 4.69) is 16.7 Å². The molecule has 1 atom stereocenters. The minimum atomic E-state index is -1.70. The highest BCUT2D eigenvalue weighted by Gasteiger charge is 2.39. The number of nitrogens with one attached hydrogen (secondary N) is 2. The van der Waals surface area contributed by atoms with Crippen LogP contribution in [0.3, 0.4) is 0 Å². The Hall–Kier alpha value is -3.72. The molecular weight excluding hydrogens is 585 g/mol. The SMILES string of the molecule is COCC1=C(C(C)=O)C(N(C(=O)CCNC2CCC(C#N)(c3ccccc3)CC2)c2cc(F)c(F)c(F)c2)NC(=O)C1.Cl. The molecule has 0 bridgehead atoms. The van der Waals surface area contributed by atoms with Crippen LogP contribution >= 0.6 is 12.4 Å². The van der Waals surface area contributed by atoms with E-state index in [9.17, 15) is 32.8 Å². The number of halogens is 4. The highest BCUT2D eigenvalue weighted by atomic mass is 35.5. The standard InChI is InChI=1S/C31H33F3N4O4.ClH/c1-19(39)28-20(17-42-2)14-26(40)37-30(28)38(23-15-24(32)29(34)25(33)16-23)27(41)10-13-36-22-8-11-31(18-35,12-9-22)21-6-4-3-5-7-21;/h3-7,15-16,22,30,36H,8-14,17H2,1-2H3,(H,37,40);1H. The van der Waals surface area contributed by atoms with Crippen molar-refractivity contribution in [1.29, 1.82) is 5.26 Å². The van der Waals surface area contributed by atoms with Gasteiger partial charge in [-0.3, -0.25) is 19.3 Å². The maximum Gasteiger partial charge on any atom is 0.230 e. The third-order valence-electron chi connectivity index (χ3n) is 7.95. The molecule has 1 saturated carbocycles. The summed E-state index contributed by atoms with van der Waals surface area (Å²) in [6.45, 7) is 1.37. The molecule has 1 fully saturated rings. The van der Waals surface area contributed by atoms with Crippen molar-refractivity contribution in [2.45, 2.75) is 63.1 Å². The van der Waals surface area contributed by atoms with Crippen molar-refractivity contribution in [1.82, 2.24) is 10.6 Å². The van der Waals surface area contributed by atoms with E-state index in [1.807, 2.05) is 30.3 Å². The fraction of sp³-hybridized carbons (Fsp3) is 0.419. The second kappa shape index (κ2) is 14.6. The average molecular weight is 619 g/mol. The second-order valence-corrected chi connectivity index (χ2v) is 10.7. The summed E-state index contributed by atoms with van der Waals surface area (Å²) >= 11 is 0. The van der Waals surface area contributed by atoms with Crippen molar-refractivity contribution in [3.63, 3.8) is 0 Å². The van der Waals surface area contributed by atoms with E-state index in [0.29, 0.717) is 43.4 Å². The first kappa shape index (κ1) is 33.8. The fourth-order valence-corrected chi connectivity index (χ4v) is 5.86. The van der Waals surface area contributed by atoms with Gasteiger partial charge in [-0.15, -0.1) is 12.4 Å². The summed E-state index contributed by atoms with van der Waals surface area (Å²) in [5, 5.41) is 15.9. The van der Waals surface area contributed by atoms with E-state index in [1.54, 1.807) is 0 Å². The van der Waals surface area contributed by atoms with Crippen molar-refractivity contribution in [3.05, 3.63) is 76.6 Å². The zero-order valence-corrected chi connectivity index (χ0v) is 24.7. The third kappa shape index (κ3) is 7.44. The number of nitriles is 1. The van der Waals surface area contributed by atoms with Crippen LogP contribution in [-0.2, 0) is 24.5 Å². The number of carbonyl (C=O) groups is 3. The molecule has 12 heteroatoms. The molecule has 8 nitrogen and oxygen atoms in total. The minimum absolute atomic E-state index is 0. The van der Waals surface area contributed by atoms with Crippen LogP contribution in [0.15, 0.2) is 53.6 Å². The molecule has 1 unspecified atom stereocenters. The van der Waals surface area contributed by atoms with Crippen LogP contribution in [0.4, 0.5) is 18.9 Å². The lowest BCUT2D eigenvalue weighted by Gasteiger charge is -2.37. The Balaban J connectivity index is 0.00000506. The number of ether oxygens (including phenoxy) is 1. The van der Waals surface area contributed by atoms with Crippen molar-refractivity contribution >= 4 is 35.7 Å². The van der Waals surface area contributed by atoms with Gasteiger partial charge in [-0.2, -0.15) is 5.26 Å². The number of hydrogen-bond acceptors (Lipinski definition) is 6. The van der Waals surface area contributed by atoms with Gasteiger partial charge in [0, 0.05) is 43.8 Å². The first-order chi connectivity index (χ1) is 20.1. The maximum atomic E-state index is 14.3. The first-order valence-electron chi connectivity index (χ1n) is 13.8. The lowest BCUT2D eigenvalue weighted by molar-refractivity contribution is -0.122. The largest absolute Gasteiger partial charge is 0.380 e. The average Bonchev–Trinajstić information content (AvgIpc) is 2.96. The lowest BCUT2D eigenvalue weighted by atomic mass is 9.69. The van der Waals surface area contributed by atoms with E-state index in [-0.39, 0.29) is 55.7 Å². The summed E-state index contributed by atoms with van der Waals surface area (Å²) in [5.74, 6) is -6.37. The molecular formula is C31H34ClF3N4O4. The summed E-state index contributed by atoms with van der Waals surface area (Å²) in [6, 6.07) is 13.5. The number of benzene rings is 2. The zero-order valence-electron chi connectivity index (χ0n) is 23.9. The molecule has 2 aromatic carbocycles. The van der Waals surface area contributed by atoms with Gasteiger partial charge in [0.1, 0.15) is 6.17 Å². The van der Waals surface area contributed by atoms with Crippen LogP contribution in [-0.4, -0.2) is 50.1 Å². The van der Waals surface area contributed by atoms with Crippen LogP contribution in [0, 0.1) is 28.8 Å². The topological polar surface area (TPSA) is 112 Å². The molecule has 2 aromatic rings. The van der Waals surface area contributed by atoms with Gasteiger partial charge in [-0.25, -0.2) is 13.2 Å². The van der Waals surface area contributed by atoms with Crippen LogP contribution in [0.5, 0.6) is 0 Å². The van der Waals surface area contributed by atoms with Gasteiger partial charge in [0.05, 0.1) is 30.2 Å². The van der Waals surface area contributed by atoms with E-state index in [0.717, 1.165) is 10.5 Å². The van der Waals surface area contributed by atoms with E-state index in [1.165, 1.54) is 14.0 Å². The Morgan fingerprint density at radius 2 is 1.77 bits per heavy atom. The highest BCUT2D eigenvalue weighted by Crippen LogP contribution is 2.39. The Labute approximate surface area is 254 Å². The Morgan fingerprint density at radius 3 is 2.33 bits per heavy atom. The van der Waals surface area contributed by atoms with Gasteiger partial charge in [0.25, 0.3) is 0 Å². The molecule has 0 aromatic heterocycles. The lowest BCUT2D eigenvalue weighted by Crippen LogP contribution is -2.56. The quantitative estimate of drug-likeness (QED) is 0.376. The molecule has 2 N–H and O–H groups in total. The van der Waals surface area contributed by atoms with Crippen molar-refractivity contribution in [2.75, 3.05) is 25.2 Å². The number of rotatable bonds is 10. The molecule has 1 heterocycles. The molecule has 4 rings (SSSR count). The summed E-state index contributed by atoms with van der Waals surface area (Å²) in [4.78, 5) is 39.9. The number of methoxy groups -OCH3 is 1. The molecule has 230 valence electrons. The van der Waals surface area contributed by atoms with Crippen LogP contribution in [0.1, 0.15) is 51.0 Å². The van der Waals surface area contributed by atoms with Crippen molar-refractivity contribution in [2.24, 2.45) is 0 Å². The number of Topliss-reactive ketones (excluding diaryl/α,β-unsaturated/α-hetero) is 1. The second-order valence-electron chi connectivity index (χ2n) is 10.7. The normalized spacial score (nSPS) is 21.8. The van der Waals surface area contributed by atoms with Gasteiger partial charge < -0.3 is 15.4 Å². The number of carbonyl (C=O) groups excluding carboxylic acids is 3. The predicted molar refractivity (Wildman–Crippen MR) is 156 cm³/mol. The van der Waals surface area contributed by atoms with Gasteiger partial charge in [0.2, 0.25) is 11.8 Å². The maximum absolute atomic E-state index is 14.3. The predicted octanol–water partition coefficient (Wildman–Crippen LogP) is 4.62. The summed E-state index contributed by atoms with van der Waals surface area (Å²) in [5.41, 5.74) is 0.450. The number of ketones is 1. The number of anilines is 1. The van der Waals surface area contributed by atoms with E-state index < -0.39 is 46.6 Å². The molecule has 0 saturated heterocycles. The van der Waals surface area contributed by atoms with Crippen LogP contribution in [0.25, 0.3) is 0 Å². The Kier molecular flexibility index (Phi) is 11.5. The van der Waals surface area contributed by atoms with Gasteiger partial charge in [-0.05, 0) is 43.7 Å². The van der Waals surface area contributed by atoms with Crippen molar-refractivity contribution in [3.8, 4) is 6.07 Å². The monoisotopic (exact) mass is 618 g/mol. The fourth-order valence-electron chi connectivity index (χ4n) is 5.86. The van der Waals surface area contributed by atoms with Gasteiger partial charge >= 0.3 is 0 Å². The molecule has 2 aliphatic rings. The molecule has 2 amide bonds. The summed E-state index contributed by atoms with van der Waals surface area (Å²) in [7, 11) is 1.39. The highest BCUT2D eigenvalue weighted by molar-refractivity contribution is 6.04. The molecule has 0 radical (unpaired) electrons. The molecule has 1 aliphatic heterocycles. The van der Waals surface area contributed by atoms with Crippen LogP contribution in [0.2, 0.25) is 0 Å². The number of nitrogens with zero attached hydrogens (tertiary/aromatic N) is 2.